The fraction of sp³-hybridized carbons (Fsp3) is 0.471. The van der Waals surface area contributed by atoms with Gasteiger partial charge < -0.3 is 14.6 Å². The third kappa shape index (κ3) is 2.87. The van der Waals surface area contributed by atoms with Crippen LogP contribution in [0.15, 0.2) is 30.5 Å². The van der Waals surface area contributed by atoms with E-state index in [1.807, 2.05) is 47.0 Å². The second-order valence-corrected chi connectivity index (χ2v) is 6.11. The van der Waals surface area contributed by atoms with Crippen LogP contribution in [0.25, 0.3) is 10.9 Å². The zero-order valence-corrected chi connectivity index (χ0v) is 13.2. The number of aryl methyl sites for hydroxylation is 1. The van der Waals surface area contributed by atoms with E-state index in [1.54, 1.807) is 6.92 Å². The number of fused-ring (bicyclic) bond motifs is 1. The van der Waals surface area contributed by atoms with Crippen molar-refractivity contribution in [2.75, 3.05) is 32.7 Å². The summed E-state index contributed by atoms with van der Waals surface area (Å²) in [5, 5.41) is 10.5. The van der Waals surface area contributed by atoms with Crippen molar-refractivity contribution in [1.82, 2.24) is 14.4 Å². The smallest absolute Gasteiger partial charge is 0.256 e. The van der Waals surface area contributed by atoms with Crippen molar-refractivity contribution < 1.29 is 9.90 Å². The van der Waals surface area contributed by atoms with E-state index < -0.39 is 0 Å². The highest BCUT2D eigenvalue weighted by Crippen LogP contribution is 2.22. The SMILES string of the molecule is C[C@@H](O)CN1CCN(C(=O)c2cn(C)c3ccccc23)CC1. The molecule has 0 spiro atoms. The molecule has 1 aromatic carbocycles. The minimum Gasteiger partial charge on any atom is -0.392 e. The van der Waals surface area contributed by atoms with Gasteiger partial charge in [0.1, 0.15) is 0 Å². The fourth-order valence-corrected chi connectivity index (χ4v) is 3.19. The number of piperazine rings is 1. The number of β-amino-alcohol motifs (C(OH)–C–C–N with tert-alkyl or cyclic N) is 1. The number of rotatable bonds is 3. The van der Waals surface area contributed by atoms with E-state index in [9.17, 15) is 9.90 Å². The number of para-hydroxylation sites is 1. The maximum atomic E-state index is 12.8. The minimum absolute atomic E-state index is 0.105. The fourth-order valence-electron chi connectivity index (χ4n) is 3.19. The van der Waals surface area contributed by atoms with Gasteiger partial charge in [0.15, 0.2) is 0 Å². The molecule has 3 rings (SSSR count). The lowest BCUT2D eigenvalue weighted by molar-refractivity contribution is 0.0555. The van der Waals surface area contributed by atoms with Gasteiger partial charge in [-0.05, 0) is 13.0 Å². The van der Waals surface area contributed by atoms with Crippen LogP contribution in [0.3, 0.4) is 0 Å². The third-order valence-corrected chi connectivity index (χ3v) is 4.31. The number of carbonyl (C=O) groups excluding carboxylic acids is 1. The van der Waals surface area contributed by atoms with Crippen LogP contribution in [-0.2, 0) is 7.05 Å². The molecule has 1 fully saturated rings. The van der Waals surface area contributed by atoms with Crippen molar-refractivity contribution in [2.24, 2.45) is 7.05 Å². The van der Waals surface area contributed by atoms with Gasteiger partial charge >= 0.3 is 0 Å². The Balaban J connectivity index is 1.74. The van der Waals surface area contributed by atoms with Gasteiger partial charge in [-0.3, -0.25) is 9.69 Å². The van der Waals surface area contributed by atoms with Gasteiger partial charge in [-0.2, -0.15) is 0 Å². The van der Waals surface area contributed by atoms with Crippen LogP contribution >= 0.6 is 0 Å². The predicted molar refractivity (Wildman–Crippen MR) is 86.9 cm³/mol. The highest BCUT2D eigenvalue weighted by Gasteiger charge is 2.24. The molecule has 0 aliphatic carbocycles. The Morgan fingerprint density at radius 1 is 1.23 bits per heavy atom. The molecule has 5 heteroatoms. The lowest BCUT2D eigenvalue weighted by Gasteiger charge is -2.35. The van der Waals surface area contributed by atoms with E-state index in [-0.39, 0.29) is 12.0 Å². The second-order valence-electron chi connectivity index (χ2n) is 6.11. The summed E-state index contributed by atoms with van der Waals surface area (Å²) in [5.41, 5.74) is 1.86. The monoisotopic (exact) mass is 301 g/mol. The van der Waals surface area contributed by atoms with E-state index in [1.165, 1.54) is 0 Å². The van der Waals surface area contributed by atoms with Crippen molar-refractivity contribution in [3.8, 4) is 0 Å². The predicted octanol–water partition coefficient (Wildman–Crippen LogP) is 1.32. The van der Waals surface area contributed by atoms with E-state index in [2.05, 4.69) is 4.90 Å². The van der Waals surface area contributed by atoms with Gasteiger partial charge in [-0.1, -0.05) is 18.2 Å². The second kappa shape index (κ2) is 6.10. The van der Waals surface area contributed by atoms with Crippen LogP contribution in [0, 0.1) is 0 Å². The summed E-state index contributed by atoms with van der Waals surface area (Å²) in [4.78, 5) is 16.9. The van der Waals surface area contributed by atoms with Gasteiger partial charge in [-0.15, -0.1) is 0 Å². The number of carbonyl (C=O) groups is 1. The topological polar surface area (TPSA) is 48.7 Å². The number of amides is 1. The molecule has 1 aromatic heterocycles. The minimum atomic E-state index is -0.319. The first-order valence-electron chi connectivity index (χ1n) is 7.80. The lowest BCUT2D eigenvalue weighted by atomic mass is 10.1. The standard InChI is InChI=1S/C17H23N3O2/c1-13(21)11-19-7-9-20(10-8-19)17(22)15-12-18(2)16-6-4-3-5-14(15)16/h3-6,12-13,21H,7-11H2,1-2H3/t13-/m1/s1. The average molecular weight is 301 g/mol. The summed E-state index contributed by atoms with van der Waals surface area (Å²) >= 11 is 0. The quantitative estimate of drug-likeness (QED) is 0.930. The number of nitrogens with zero attached hydrogens (tertiary/aromatic N) is 3. The Bertz CT molecular complexity index is 670. The van der Waals surface area contributed by atoms with Crippen molar-refractivity contribution in [3.63, 3.8) is 0 Å². The molecule has 1 N–H and O–H groups in total. The maximum absolute atomic E-state index is 12.8. The molecule has 1 amide bonds. The molecule has 0 radical (unpaired) electrons. The first kappa shape index (κ1) is 15.1. The number of benzene rings is 1. The molecule has 5 nitrogen and oxygen atoms in total. The molecule has 1 atom stereocenters. The Labute approximate surface area is 130 Å². The number of hydrogen-bond acceptors (Lipinski definition) is 3. The van der Waals surface area contributed by atoms with E-state index >= 15 is 0 Å². The molecule has 22 heavy (non-hydrogen) atoms. The Morgan fingerprint density at radius 2 is 1.91 bits per heavy atom. The van der Waals surface area contributed by atoms with Crippen LogP contribution in [-0.4, -0.2) is 64.2 Å². The number of aromatic nitrogens is 1. The van der Waals surface area contributed by atoms with Crippen LogP contribution in [0.5, 0.6) is 0 Å². The van der Waals surface area contributed by atoms with Crippen molar-refractivity contribution in [1.29, 1.82) is 0 Å². The number of aliphatic hydroxyl groups is 1. The van der Waals surface area contributed by atoms with Crippen LogP contribution in [0.4, 0.5) is 0 Å². The summed E-state index contributed by atoms with van der Waals surface area (Å²) in [6, 6.07) is 8.00. The van der Waals surface area contributed by atoms with Gasteiger partial charge in [0.25, 0.3) is 5.91 Å². The summed E-state index contributed by atoms with van der Waals surface area (Å²) in [6.07, 6.45) is 1.61. The molecule has 2 aromatic rings. The molecule has 0 bridgehead atoms. The Hall–Kier alpha value is -1.85. The molecule has 0 unspecified atom stereocenters. The summed E-state index contributed by atoms with van der Waals surface area (Å²) < 4.78 is 2.01. The van der Waals surface area contributed by atoms with E-state index in [0.29, 0.717) is 6.54 Å². The molecule has 0 saturated carbocycles. The summed E-state index contributed by atoms with van der Waals surface area (Å²) in [5.74, 6) is 0.105. The molecule has 1 aliphatic rings. The first-order valence-corrected chi connectivity index (χ1v) is 7.80. The van der Waals surface area contributed by atoms with Gasteiger partial charge in [0.2, 0.25) is 0 Å². The van der Waals surface area contributed by atoms with Gasteiger partial charge in [0, 0.05) is 56.9 Å². The summed E-state index contributed by atoms with van der Waals surface area (Å²) in [6.45, 7) is 5.55. The maximum Gasteiger partial charge on any atom is 0.256 e. The van der Waals surface area contributed by atoms with Gasteiger partial charge in [0.05, 0.1) is 11.7 Å². The Morgan fingerprint density at radius 3 is 2.59 bits per heavy atom. The molecule has 2 heterocycles. The van der Waals surface area contributed by atoms with E-state index in [0.717, 1.165) is 42.6 Å². The molecular formula is C17H23N3O2. The van der Waals surface area contributed by atoms with Crippen molar-refractivity contribution in [2.45, 2.75) is 13.0 Å². The first-order chi connectivity index (χ1) is 10.6. The molecule has 118 valence electrons. The lowest BCUT2D eigenvalue weighted by Crippen LogP contribution is -2.50. The van der Waals surface area contributed by atoms with Crippen LogP contribution in [0.2, 0.25) is 0 Å². The zero-order chi connectivity index (χ0) is 15.7. The zero-order valence-electron chi connectivity index (χ0n) is 13.2. The number of hydrogen-bond donors (Lipinski definition) is 1. The van der Waals surface area contributed by atoms with Gasteiger partial charge in [-0.25, -0.2) is 0 Å². The van der Waals surface area contributed by atoms with Crippen LogP contribution < -0.4 is 0 Å². The summed E-state index contributed by atoms with van der Waals surface area (Å²) in [7, 11) is 1.97. The largest absolute Gasteiger partial charge is 0.392 e. The highest BCUT2D eigenvalue weighted by molar-refractivity contribution is 6.07. The normalized spacial score (nSPS) is 17.9. The highest BCUT2D eigenvalue weighted by atomic mass is 16.3. The molecule has 1 aliphatic heterocycles. The van der Waals surface area contributed by atoms with Crippen LogP contribution in [0.1, 0.15) is 17.3 Å². The third-order valence-electron chi connectivity index (χ3n) is 4.31. The van der Waals surface area contributed by atoms with Crippen molar-refractivity contribution >= 4 is 16.8 Å². The number of aliphatic hydroxyl groups excluding tert-OH is 1. The Kier molecular flexibility index (Phi) is 4.18. The van der Waals surface area contributed by atoms with Crippen molar-refractivity contribution in [3.05, 3.63) is 36.0 Å². The molecule has 1 saturated heterocycles. The average Bonchev–Trinajstić information content (AvgIpc) is 2.84. The molecular weight excluding hydrogens is 278 g/mol. The van der Waals surface area contributed by atoms with E-state index in [4.69, 9.17) is 0 Å².